The zero-order chi connectivity index (χ0) is 21.3. The highest BCUT2D eigenvalue weighted by molar-refractivity contribution is 6.42. The molecular formula is C24H28Cl2N2O2. The zero-order valence-corrected chi connectivity index (χ0v) is 19.0. The topological polar surface area (TPSA) is 32.8 Å². The van der Waals surface area contributed by atoms with Gasteiger partial charge in [-0.05, 0) is 79.7 Å². The second-order valence-electron chi connectivity index (χ2n) is 8.29. The predicted molar refractivity (Wildman–Crippen MR) is 122 cm³/mol. The molecule has 2 aromatic rings. The Kier molecular flexibility index (Phi) is 6.57. The van der Waals surface area contributed by atoms with E-state index in [2.05, 4.69) is 17.0 Å². The fraction of sp³-hybridized carbons (Fsp3) is 0.458. The first kappa shape index (κ1) is 21.5. The lowest BCUT2D eigenvalue weighted by Gasteiger charge is -2.43. The number of aryl methyl sites for hydroxylation is 1. The van der Waals surface area contributed by atoms with E-state index in [4.69, 9.17) is 27.9 Å². The summed E-state index contributed by atoms with van der Waals surface area (Å²) in [6.45, 7) is 2.23. The van der Waals surface area contributed by atoms with E-state index in [9.17, 15) is 4.79 Å². The van der Waals surface area contributed by atoms with Gasteiger partial charge in [0, 0.05) is 13.1 Å². The van der Waals surface area contributed by atoms with Crippen LogP contribution >= 0.6 is 23.2 Å². The number of carbonyl (C=O) groups is 1. The molecule has 1 aliphatic heterocycles. The van der Waals surface area contributed by atoms with Crippen molar-refractivity contribution in [2.24, 2.45) is 0 Å². The summed E-state index contributed by atoms with van der Waals surface area (Å²) in [4.78, 5) is 17.8. The molecule has 2 aromatic carbocycles. The summed E-state index contributed by atoms with van der Waals surface area (Å²) < 4.78 is 5.44. The summed E-state index contributed by atoms with van der Waals surface area (Å²) in [5.74, 6) is 0.961. The molecule has 1 aliphatic carbocycles. The number of methoxy groups -OCH3 is 1. The van der Waals surface area contributed by atoms with Crippen LogP contribution in [0.15, 0.2) is 36.4 Å². The lowest BCUT2D eigenvalue weighted by atomic mass is 9.82. The van der Waals surface area contributed by atoms with Crippen LogP contribution in [0.3, 0.4) is 0 Å². The van der Waals surface area contributed by atoms with E-state index in [1.165, 1.54) is 24.0 Å². The molecule has 4 nitrogen and oxygen atoms in total. The Morgan fingerprint density at radius 1 is 1.13 bits per heavy atom. The first-order valence-corrected chi connectivity index (χ1v) is 11.3. The SMILES string of the molecule is COc1ccc2c(c1)CC[C@H](N1CCCC1)[C@H]2N(C)C(=O)Cc1ccc(Cl)c(Cl)c1. The van der Waals surface area contributed by atoms with Crippen LogP contribution in [0.1, 0.15) is 42.0 Å². The second-order valence-corrected chi connectivity index (χ2v) is 9.10. The van der Waals surface area contributed by atoms with E-state index in [0.29, 0.717) is 22.5 Å². The number of hydrogen-bond acceptors (Lipinski definition) is 3. The van der Waals surface area contributed by atoms with Crippen LogP contribution in [0.5, 0.6) is 5.75 Å². The molecule has 0 saturated carbocycles. The first-order chi connectivity index (χ1) is 14.5. The van der Waals surface area contributed by atoms with Crippen molar-refractivity contribution in [3.8, 4) is 5.75 Å². The number of carbonyl (C=O) groups excluding carboxylic acids is 1. The molecule has 4 rings (SSSR count). The van der Waals surface area contributed by atoms with Gasteiger partial charge in [-0.3, -0.25) is 9.69 Å². The molecule has 160 valence electrons. The fourth-order valence-electron chi connectivity index (χ4n) is 4.91. The first-order valence-electron chi connectivity index (χ1n) is 10.6. The number of amides is 1. The third kappa shape index (κ3) is 4.32. The molecular weight excluding hydrogens is 419 g/mol. The number of ether oxygens (including phenoxy) is 1. The van der Waals surface area contributed by atoms with Gasteiger partial charge in [0.1, 0.15) is 5.75 Å². The van der Waals surface area contributed by atoms with Gasteiger partial charge < -0.3 is 9.64 Å². The van der Waals surface area contributed by atoms with E-state index in [-0.39, 0.29) is 11.9 Å². The van der Waals surface area contributed by atoms with Crippen LogP contribution in [0.25, 0.3) is 0 Å². The van der Waals surface area contributed by atoms with Gasteiger partial charge in [-0.2, -0.15) is 0 Å². The predicted octanol–water partition coefficient (Wildman–Crippen LogP) is 5.15. The largest absolute Gasteiger partial charge is 0.497 e. The van der Waals surface area contributed by atoms with E-state index in [1.54, 1.807) is 19.2 Å². The Morgan fingerprint density at radius 3 is 2.60 bits per heavy atom. The van der Waals surface area contributed by atoms with Gasteiger partial charge in [0.2, 0.25) is 5.91 Å². The Hall–Kier alpha value is -1.75. The van der Waals surface area contributed by atoms with Crippen molar-refractivity contribution in [3.63, 3.8) is 0 Å². The average Bonchev–Trinajstić information content (AvgIpc) is 3.29. The number of rotatable bonds is 5. The normalized spacial score (nSPS) is 21.3. The molecule has 6 heteroatoms. The Morgan fingerprint density at radius 2 is 1.90 bits per heavy atom. The van der Waals surface area contributed by atoms with Crippen LogP contribution in [0, 0.1) is 0 Å². The van der Waals surface area contributed by atoms with Crippen LogP contribution in [-0.4, -0.2) is 49.0 Å². The number of hydrogen-bond donors (Lipinski definition) is 0. The highest BCUT2D eigenvalue weighted by Crippen LogP contribution is 2.39. The smallest absolute Gasteiger partial charge is 0.227 e. The summed E-state index contributed by atoms with van der Waals surface area (Å²) >= 11 is 12.2. The maximum absolute atomic E-state index is 13.3. The van der Waals surface area contributed by atoms with Gasteiger partial charge in [0.25, 0.3) is 0 Å². The number of halogens is 2. The lowest BCUT2D eigenvalue weighted by molar-refractivity contribution is -0.133. The molecule has 2 aliphatic rings. The molecule has 2 atom stereocenters. The minimum atomic E-state index is 0.0352. The molecule has 0 N–H and O–H groups in total. The van der Waals surface area contributed by atoms with Gasteiger partial charge in [-0.25, -0.2) is 0 Å². The molecule has 1 fully saturated rings. The molecule has 0 spiro atoms. The van der Waals surface area contributed by atoms with Crippen LogP contribution in [0.2, 0.25) is 10.0 Å². The van der Waals surface area contributed by atoms with E-state index in [0.717, 1.165) is 37.2 Å². The van der Waals surface area contributed by atoms with E-state index < -0.39 is 0 Å². The molecule has 0 radical (unpaired) electrons. The summed E-state index contributed by atoms with van der Waals surface area (Å²) in [5, 5.41) is 0.986. The Bertz CT molecular complexity index is 927. The molecule has 1 heterocycles. The summed E-state index contributed by atoms with van der Waals surface area (Å²) in [7, 11) is 3.63. The van der Waals surface area contributed by atoms with Crippen molar-refractivity contribution in [1.82, 2.24) is 9.80 Å². The van der Waals surface area contributed by atoms with Gasteiger partial charge in [0.05, 0.1) is 29.6 Å². The lowest BCUT2D eigenvalue weighted by Crippen LogP contribution is -2.48. The van der Waals surface area contributed by atoms with Crippen LogP contribution < -0.4 is 4.74 Å². The zero-order valence-electron chi connectivity index (χ0n) is 17.5. The summed E-state index contributed by atoms with van der Waals surface area (Å²) in [5.41, 5.74) is 3.40. The number of likely N-dealkylation sites (N-methyl/N-ethyl adjacent to an activating group) is 1. The molecule has 0 bridgehead atoms. The second kappa shape index (κ2) is 9.17. The molecule has 0 unspecified atom stereocenters. The maximum atomic E-state index is 13.3. The molecule has 1 amide bonds. The Labute approximate surface area is 188 Å². The molecule has 0 aromatic heterocycles. The van der Waals surface area contributed by atoms with Crippen molar-refractivity contribution in [3.05, 3.63) is 63.1 Å². The van der Waals surface area contributed by atoms with Crippen molar-refractivity contribution >= 4 is 29.1 Å². The van der Waals surface area contributed by atoms with Gasteiger partial charge >= 0.3 is 0 Å². The number of fused-ring (bicyclic) bond motifs is 1. The molecule has 1 saturated heterocycles. The minimum absolute atomic E-state index is 0.0352. The minimum Gasteiger partial charge on any atom is -0.497 e. The van der Waals surface area contributed by atoms with Gasteiger partial charge in [-0.1, -0.05) is 35.3 Å². The van der Waals surface area contributed by atoms with Crippen molar-refractivity contribution < 1.29 is 9.53 Å². The maximum Gasteiger partial charge on any atom is 0.227 e. The van der Waals surface area contributed by atoms with Gasteiger partial charge in [-0.15, -0.1) is 0 Å². The third-order valence-electron chi connectivity index (χ3n) is 6.50. The quantitative estimate of drug-likeness (QED) is 0.635. The van der Waals surface area contributed by atoms with Gasteiger partial charge in [0.15, 0.2) is 0 Å². The monoisotopic (exact) mass is 446 g/mol. The van der Waals surface area contributed by atoms with Crippen LogP contribution in [0.4, 0.5) is 0 Å². The highest BCUT2D eigenvalue weighted by Gasteiger charge is 2.38. The van der Waals surface area contributed by atoms with Crippen molar-refractivity contribution in [1.29, 1.82) is 0 Å². The third-order valence-corrected chi connectivity index (χ3v) is 7.24. The Balaban J connectivity index is 1.63. The van der Waals surface area contributed by atoms with Crippen LogP contribution in [-0.2, 0) is 17.6 Å². The number of benzene rings is 2. The number of nitrogens with zero attached hydrogens (tertiary/aromatic N) is 2. The van der Waals surface area contributed by atoms with E-state index in [1.807, 2.05) is 24.1 Å². The van der Waals surface area contributed by atoms with Crippen molar-refractivity contribution in [2.75, 3.05) is 27.2 Å². The number of likely N-dealkylation sites (tertiary alicyclic amines) is 1. The van der Waals surface area contributed by atoms with E-state index >= 15 is 0 Å². The summed E-state index contributed by atoms with van der Waals surface area (Å²) in [6.07, 6.45) is 4.84. The van der Waals surface area contributed by atoms with Crippen molar-refractivity contribution in [2.45, 2.75) is 44.2 Å². The summed E-state index contributed by atoms with van der Waals surface area (Å²) in [6, 6.07) is 12.1. The average molecular weight is 447 g/mol. The standard InChI is InChI=1S/C24H28Cl2N2O2/c1-27(23(29)14-16-5-9-20(25)21(26)13-16)24-19-8-7-18(30-2)15-17(19)6-10-22(24)28-11-3-4-12-28/h5,7-9,13,15,22,24H,3-4,6,10-12,14H2,1-2H3/t22-,24-/m0/s1. The molecule has 30 heavy (non-hydrogen) atoms. The fourth-order valence-corrected chi connectivity index (χ4v) is 5.23. The highest BCUT2D eigenvalue weighted by atomic mass is 35.5.